The fourth-order valence-electron chi connectivity index (χ4n) is 3.23. The third-order valence-electron chi connectivity index (χ3n) is 4.75. The number of hydrogen-bond acceptors (Lipinski definition) is 5. The van der Waals surface area contributed by atoms with E-state index in [1.54, 1.807) is 16.0 Å². The normalized spacial score (nSPS) is 20.1. The van der Waals surface area contributed by atoms with Gasteiger partial charge in [0, 0.05) is 24.7 Å². The summed E-state index contributed by atoms with van der Waals surface area (Å²) in [6, 6.07) is 4.58. The first kappa shape index (κ1) is 19.2. The summed E-state index contributed by atoms with van der Waals surface area (Å²) in [6.45, 7) is 7.78. The van der Waals surface area contributed by atoms with Crippen LogP contribution in [-0.4, -0.2) is 43.9 Å². The van der Waals surface area contributed by atoms with E-state index in [2.05, 4.69) is 12.0 Å². The first-order valence-electron chi connectivity index (χ1n) is 8.90. The van der Waals surface area contributed by atoms with Gasteiger partial charge in [0.1, 0.15) is 0 Å². The molecule has 0 atom stereocenters. The number of hydrazone groups is 1. The van der Waals surface area contributed by atoms with Crippen LogP contribution in [0.15, 0.2) is 28.2 Å². The molecular weight excluding hydrogens is 374 g/mol. The van der Waals surface area contributed by atoms with Gasteiger partial charge in [0.2, 0.25) is 14.9 Å². The van der Waals surface area contributed by atoms with Crippen LogP contribution < -0.4 is 5.01 Å². The Kier molecular flexibility index (Phi) is 5.30. The maximum absolute atomic E-state index is 13.0. The number of carbonyl (C=O) groups is 1. The molecule has 1 aromatic rings. The largest absolute Gasteiger partial charge is 0.337 e. The number of piperidine rings is 1. The summed E-state index contributed by atoms with van der Waals surface area (Å²) in [6.07, 6.45) is 1.75. The van der Waals surface area contributed by atoms with Crippen molar-refractivity contribution in [1.82, 2.24) is 4.90 Å². The zero-order valence-electron chi connectivity index (χ0n) is 15.3. The highest BCUT2D eigenvalue weighted by atomic mass is 35.5. The highest BCUT2D eigenvalue weighted by Gasteiger charge is 2.40. The first-order chi connectivity index (χ1) is 12.2. The third kappa shape index (κ3) is 3.60. The molecule has 0 radical (unpaired) electrons. The summed E-state index contributed by atoms with van der Waals surface area (Å²) < 4.78 is 26.1. The van der Waals surface area contributed by atoms with Crippen molar-refractivity contribution in [2.75, 3.05) is 24.6 Å². The van der Waals surface area contributed by atoms with Crippen LogP contribution in [0.25, 0.3) is 0 Å². The van der Waals surface area contributed by atoms with Crippen LogP contribution in [0.5, 0.6) is 0 Å². The molecule has 3 rings (SSSR count). The van der Waals surface area contributed by atoms with Gasteiger partial charge in [-0.05, 0) is 42.9 Å². The molecule has 1 aromatic carbocycles. The molecule has 1 saturated heterocycles. The third-order valence-corrected chi connectivity index (χ3v) is 6.67. The number of likely N-dealkylation sites (tertiary alicyclic amines) is 1. The average molecular weight is 398 g/mol. The van der Waals surface area contributed by atoms with Gasteiger partial charge in [-0.3, -0.25) is 9.80 Å². The zero-order valence-corrected chi connectivity index (χ0v) is 16.8. The van der Waals surface area contributed by atoms with E-state index in [4.69, 9.17) is 11.6 Å². The molecule has 0 aromatic heterocycles. The average Bonchev–Trinajstić information content (AvgIpc) is 2.57. The molecule has 26 heavy (non-hydrogen) atoms. The Balaban J connectivity index is 2.03. The summed E-state index contributed by atoms with van der Waals surface area (Å²) in [7, 11) is -3.97. The maximum atomic E-state index is 13.0. The SMILES string of the molecule is CC(C)CN1N=C(C(=O)N2CCC(C)CC2)S(=O)(=O)c2ccc(Cl)cc21. The van der Waals surface area contributed by atoms with E-state index in [0.717, 1.165) is 12.8 Å². The monoisotopic (exact) mass is 397 g/mol. The van der Waals surface area contributed by atoms with Crippen molar-refractivity contribution in [2.24, 2.45) is 16.9 Å². The minimum atomic E-state index is -3.97. The van der Waals surface area contributed by atoms with Crippen LogP contribution in [0.2, 0.25) is 5.02 Å². The molecule has 6 nitrogen and oxygen atoms in total. The minimum Gasteiger partial charge on any atom is -0.337 e. The lowest BCUT2D eigenvalue weighted by molar-refractivity contribution is -0.125. The van der Waals surface area contributed by atoms with Crippen LogP contribution in [-0.2, 0) is 14.6 Å². The Bertz CT molecular complexity index is 843. The van der Waals surface area contributed by atoms with Crippen LogP contribution >= 0.6 is 11.6 Å². The second-order valence-electron chi connectivity index (χ2n) is 7.47. The molecule has 0 saturated carbocycles. The van der Waals surface area contributed by atoms with Crippen molar-refractivity contribution in [3.05, 3.63) is 23.2 Å². The van der Waals surface area contributed by atoms with Crippen LogP contribution in [0.4, 0.5) is 5.69 Å². The van der Waals surface area contributed by atoms with Crippen molar-refractivity contribution in [3.8, 4) is 0 Å². The van der Waals surface area contributed by atoms with E-state index in [0.29, 0.717) is 36.3 Å². The Labute approximate surface area is 159 Å². The number of rotatable bonds is 3. The number of anilines is 1. The standard InChI is InChI=1S/C18H24ClN3O3S/c1-12(2)11-22-15-10-14(19)4-5-16(15)26(24,25)17(20-22)18(23)21-8-6-13(3)7-9-21/h4-5,10,12-13H,6-9,11H2,1-3H3. The van der Waals surface area contributed by atoms with Gasteiger partial charge in [-0.1, -0.05) is 32.4 Å². The fraction of sp³-hybridized carbons (Fsp3) is 0.556. The van der Waals surface area contributed by atoms with Crippen molar-refractivity contribution in [3.63, 3.8) is 0 Å². The number of carbonyl (C=O) groups excluding carboxylic acids is 1. The lowest BCUT2D eigenvalue weighted by atomic mass is 9.99. The molecule has 1 amide bonds. The lowest BCUT2D eigenvalue weighted by Gasteiger charge is -2.33. The molecule has 8 heteroatoms. The number of benzene rings is 1. The molecule has 1 fully saturated rings. The predicted octanol–water partition coefficient (Wildman–Crippen LogP) is 3.16. The quantitative estimate of drug-likeness (QED) is 0.785. The molecule has 142 valence electrons. The Hall–Kier alpha value is -1.60. The second kappa shape index (κ2) is 7.19. The maximum Gasteiger partial charge on any atom is 0.286 e. The number of hydrogen-bond donors (Lipinski definition) is 0. The highest BCUT2D eigenvalue weighted by Crippen LogP contribution is 2.35. The second-order valence-corrected chi connectivity index (χ2v) is 9.74. The first-order valence-corrected chi connectivity index (χ1v) is 10.8. The van der Waals surface area contributed by atoms with Crippen molar-refractivity contribution in [2.45, 2.75) is 38.5 Å². The van der Waals surface area contributed by atoms with Gasteiger partial charge in [-0.15, -0.1) is 0 Å². The summed E-state index contributed by atoms with van der Waals surface area (Å²) in [5.41, 5.74) is 0.426. The number of nitrogens with zero attached hydrogens (tertiary/aromatic N) is 3. The minimum absolute atomic E-state index is 0.0891. The van der Waals surface area contributed by atoms with Gasteiger partial charge in [-0.2, -0.15) is 5.10 Å². The van der Waals surface area contributed by atoms with E-state index >= 15 is 0 Å². The van der Waals surface area contributed by atoms with Gasteiger partial charge in [0.25, 0.3) is 5.91 Å². The van der Waals surface area contributed by atoms with Gasteiger partial charge >= 0.3 is 0 Å². The molecular formula is C18H24ClN3O3S. The number of fused-ring (bicyclic) bond motifs is 1. The number of sulfone groups is 1. The van der Waals surface area contributed by atoms with E-state index in [1.165, 1.54) is 12.1 Å². The molecule has 0 N–H and O–H groups in total. The van der Waals surface area contributed by atoms with Gasteiger partial charge < -0.3 is 4.90 Å². The Morgan fingerprint density at radius 1 is 1.31 bits per heavy atom. The van der Waals surface area contributed by atoms with E-state index in [1.807, 2.05) is 13.8 Å². The van der Waals surface area contributed by atoms with Gasteiger partial charge in [-0.25, -0.2) is 8.42 Å². The molecule has 0 bridgehead atoms. The Morgan fingerprint density at radius 3 is 2.58 bits per heavy atom. The molecule has 2 aliphatic rings. The van der Waals surface area contributed by atoms with Crippen molar-refractivity contribution in [1.29, 1.82) is 0 Å². The molecule has 0 spiro atoms. The van der Waals surface area contributed by atoms with Gasteiger partial charge in [0.15, 0.2) is 0 Å². The van der Waals surface area contributed by atoms with Crippen LogP contribution in [0.3, 0.4) is 0 Å². The predicted molar refractivity (Wildman–Crippen MR) is 103 cm³/mol. The zero-order chi connectivity index (χ0) is 19.1. The lowest BCUT2D eigenvalue weighted by Crippen LogP contribution is -2.46. The highest BCUT2D eigenvalue weighted by molar-refractivity contribution is 8.08. The smallest absolute Gasteiger partial charge is 0.286 e. The summed E-state index contributed by atoms with van der Waals surface area (Å²) in [4.78, 5) is 14.6. The molecule has 2 heterocycles. The van der Waals surface area contributed by atoms with Crippen molar-refractivity contribution >= 4 is 38.1 Å². The summed E-state index contributed by atoms with van der Waals surface area (Å²) >= 11 is 6.06. The molecule has 2 aliphatic heterocycles. The molecule has 0 aliphatic carbocycles. The van der Waals surface area contributed by atoms with Gasteiger partial charge in [0.05, 0.1) is 10.6 Å². The van der Waals surface area contributed by atoms with E-state index < -0.39 is 15.7 Å². The Morgan fingerprint density at radius 2 is 1.96 bits per heavy atom. The number of halogens is 1. The van der Waals surface area contributed by atoms with Crippen LogP contribution in [0.1, 0.15) is 33.6 Å². The van der Waals surface area contributed by atoms with E-state index in [-0.39, 0.29) is 15.9 Å². The fourth-order valence-corrected chi connectivity index (χ4v) is 4.86. The topological polar surface area (TPSA) is 70.1 Å². The summed E-state index contributed by atoms with van der Waals surface area (Å²) in [5, 5.41) is 5.90. The summed E-state index contributed by atoms with van der Waals surface area (Å²) in [5.74, 6) is 0.272. The van der Waals surface area contributed by atoms with Crippen molar-refractivity contribution < 1.29 is 13.2 Å². The molecule has 0 unspecified atom stereocenters. The number of amides is 1. The van der Waals surface area contributed by atoms with E-state index in [9.17, 15) is 13.2 Å². The van der Waals surface area contributed by atoms with Crippen LogP contribution in [0, 0.1) is 11.8 Å².